The van der Waals surface area contributed by atoms with Crippen molar-refractivity contribution in [1.82, 2.24) is 4.98 Å². The summed E-state index contributed by atoms with van der Waals surface area (Å²) in [5.74, 6) is 0. The zero-order chi connectivity index (χ0) is 9.26. The van der Waals surface area contributed by atoms with Crippen molar-refractivity contribution in [3.63, 3.8) is 0 Å². The summed E-state index contributed by atoms with van der Waals surface area (Å²) in [4.78, 5) is 17.6. The normalized spacial score (nSPS) is 10.8. The number of benzene rings is 1. The fourth-order valence-corrected chi connectivity index (χ4v) is 1.99. The number of para-hydroxylation sites is 1. The van der Waals surface area contributed by atoms with E-state index in [0.29, 0.717) is 9.28 Å². The van der Waals surface area contributed by atoms with Crippen molar-refractivity contribution < 1.29 is 25.6 Å². The Morgan fingerprint density at radius 1 is 1.38 bits per heavy atom. The molecule has 4 heteroatoms. The predicted molar refractivity (Wildman–Crippen MR) is 44.9 cm³/mol. The number of rotatable bonds is 1. The van der Waals surface area contributed by atoms with Gasteiger partial charge in [-0.15, -0.1) is 0 Å². The van der Waals surface area contributed by atoms with E-state index >= 15 is 0 Å². The van der Waals surface area contributed by atoms with E-state index in [9.17, 15) is 4.79 Å². The Balaban J connectivity index is 2.85. The van der Waals surface area contributed by atoms with Gasteiger partial charge < -0.3 is 0 Å². The van der Waals surface area contributed by atoms with Gasteiger partial charge in [0.15, 0.2) is 0 Å². The molecule has 0 radical (unpaired) electrons. The third kappa shape index (κ3) is 1.58. The first-order valence-corrected chi connectivity index (χ1v) is 6.94. The van der Waals surface area contributed by atoms with E-state index in [-0.39, 0.29) is 26.8 Å². The molecular weight excluding hydrogens is 281 g/mol. The van der Waals surface area contributed by atoms with Crippen LogP contribution in [0.3, 0.4) is 0 Å². The van der Waals surface area contributed by atoms with Gasteiger partial charge in [0.1, 0.15) is 0 Å². The number of hydrogen-bond donors (Lipinski definition) is 0. The third-order valence-electron chi connectivity index (χ3n) is 1.67. The molecule has 1 aromatic carbocycles. The molecule has 68 valence electrons. The first-order valence-electron chi connectivity index (χ1n) is 3.70. The minimum atomic E-state index is -0.276. The van der Waals surface area contributed by atoms with Crippen molar-refractivity contribution in [3.05, 3.63) is 38.6 Å². The zero-order valence-corrected chi connectivity index (χ0v) is 9.11. The molecule has 0 aliphatic rings. The van der Waals surface area contributed by atoms with Crippen LogP contribution in [0.4, 0.5) is 0 Å². The molecule has 0 saturated carbocycles. The first-order chi connectivity index (χ1) is 6.31. The molecule has 0 aliphatic carbocycles. The van der Waals surface area contributed by atoms with Crippen LogP contribution in [0.25, 0.3) is 10.9 Å². The van der Waals surface area contributed by atoms with E-state index in [1.807, 2.05) is 23.1 Å². The molecule has 1 aromatic heterocycles. The van der Waals surface area contributed by atoms with Crippen LogP contribution in [0.15, 0.2) is 33.5 Å². The number of nitrogens with zero attached hydrogens (tertiary/aromatic N) is 1. The van der Waals surface area contributed by atoms with Crippen molar-refractivity contribution in [2.75, 3.05) is 4.93 Å². The molecule has 1 heterocycles. The third-order valence-corrected chi connectivity index (χ3v) is 3.06. The van der Waals surface area contributed by atoms with Gasteiger partial charge in [-0.1, -0.05) is 0 Å². The van der Waals surface area contributed by atoms with Crippen LogP contribution in [0, 0.1) is 3.90 Å². The van der Waals surface area contributed by atoms with E-state index in [1.165, 1.54) is 0 Å². The summed E-state index contributed by atoms with van der Waals surface area (Å²) in [5, 5.41) is 0.559. The Bertz CT molecular complexity index is 492. The minimum absolute atomic E-state index is 0.260. The van der Waals surface area contributed by atoms with Crippen LogP contribution in [-0.2, 0) is 0 Å². The number of hydrogen-bond acceptors (Lipinski definition) is 3. The molecular formula is C9H7INO2-. The second-order valence-electron chi connectivity index (χ2n) is 2.46. The Kier molecular flexibility index (Phi) is 2.30. The molecule has 0 aliphatic heterocycles. The van der Waals surface area contributed by atoms with Crippen molar-refractivity contribution in [2.24, 2.45) is 0 Å². The standard InChI is InChI=1S/C9H7INO2/c1-10-9-11-7-5-3-2-4-6(7)8(12)13-9/h2-5H,1H3/q-1. The van der Waals surface area contributed by atoms with E-state index < -0.39 is 0 Å². The van der Waals surface area contributed by atoms with E-state index in [4.69, 9.17) is 4.42 Å². The summed E-state index contributed by atoms with van der Waals surface area (Å²) in [6.45, 7) is 0. The molecule has 0 atom stereocenters. The van der Waals surface area contributed by atoms with Crippen LogP contribution in [0.1, 0.15) is 0 Å². The van der Waals surface area contributed by atoms with Crippen LogP contribution >= 0.6 is 0 Å². The van der Waals surface area contributed by atoms with Crippen LogP contribution in [0.5, 0.6) is 0 Å². The van der Waals surface area contributed by atoms with Crippen molar-refractivity contribution in [3.8, 4) is 0 Å². The molecule has 2 rings (SSSR count). The van der Waals surface area contributed by atoms with Crippen molar-refractivity contribution >= 4 is 10.9 Å². The van der Waals surface area contributed by atoms with E-state index in [0.717, 1.165) is 5.52 Å². The molecule has 0 fully saturated rings. The molecule has 2 aromatic rings. The fourth-order valence-electron chi connectivity index (χ4n) is 1.07. The Morgan fingerprint density at radius 3 is 2.92 bits per heavy atom. The maximum atomic E-state index is 11.4. The van der Waals surface area contributed by atoms with Gasteiger partial charge in [-0.25, -0.2) is 0 Å². The number of fused-ring (bicyclic) bond motifs is 1. The summed E-state index contributed by atoms with van der Waals surface area (Å²) in [6, 6.07) is 7.23. The summed E-state index contributed by atoms with van der Waals surface area (Å²) in [5.41, 5.74) is 0.456. The molecule has 0 saturated heterocycles. The number of halogens is 1. The first kappa shape index (κ1) is 8.68. The van der Waals surface area contributed by atoms with Crippen LogP contribution in [-0.4, -0.2) is 9.91 Å². The molecule has 0 bridgehead atoms. The second kappa shape index (κ2) is 3.45. The zero-order valence-electron chi connectivity index (χ0n) is 6.95. The van der Waals surface area contributed by atoms with Gasteiger partial charge in [-0.2, -0.15) is 0 Å². The summed E-state index contributed by atoms with van der Waals surface area (Å²) < 4.78 is 5.62. The Hall–Kier alpha value is -0.910. The average Bonchev–Trinajstić information content (AvgIpc) is 2.18. The van der Waals surface area contributed by atoms with Gasteiger partial charge in [0.05, 0.1) is 0 Å². The van der Waals surface area contributed by atoms with Gasteiger partial charge in [0.25, 0.3) is 0 Å². The summed E-state index contributed by atoms with van der Waals surface area (Å²) in [6.07, 6.45) is 0. The van der Waals surface area contributed by atoms with Crippen molar-refractivity contribution in [2.45, 2.75) is 0 Å². The van der Waals surface area contributed by atoms with Gasteiger partial charge in [0.2, 0.25) is 0 Å². The number of alkyl halides is 1. The van der Waals surface area contributed by atoms with Gasteiger partial charge in [-0.3, -0.25) is 0 Å². The topological polar surface area (TPSA) is 43.1 Å². The van der Waals surface area contributed by atoms with Crippen LogP contribution < -0.4 is 26.8 Å². The van der Waals surface area contributed by atoms with Crippen LogP contribution in [0.2, 0.25) is 0 Å². The van der Waals surface area contributed by atoms with E-state index in [2.05, 4.69) is 4.98 Å². The fraction of sp³-hybridized carbons (Fsp3) is 0.111. The van der Waals surface area contributed by atoms with Gasteiger partial charge in [0, 0.05) is 0 Å². The quantitative estimate of drug-likeness (QED) is 0.454. The summed E-state index contributed by atoms with van der Waals surface area (Å²) in [7, 11) is 0. The molecule has 0 N–H and O–H groups in total. The predicted octanol–water partition coefficient (Wildman–Crippen LogP) is -1.92. The molecule has 0 amide bonds. The van der Waals surface area contributed by atoms with E-state index in [1.54, 1.807) is 6.07 Å². The number of aromatic nitrogens is 1. The molecule has 13 heavy (non-hydrogen) atoms. The van der Waals surface area contributed by atoms with Crippen molar-refractivity contribution in [1.29, 1.82) is 0 Å². The SMILES string of the molecule is C[I-]c1nc2ccccc2c(=O)o1. The summed E-state index contributed by atoms with van der Waals surface area (Å²) >= 11 is -0.260. The Morgan fingerprint density at radius 2 is 2.15 bits per heavy atom. The molecule has 0 spiro atoms. The average molecular weight is 288 g/mol. The van der Waals surface area contributed by atoms with Gasteiger partial charge in [-0.05, 0) is 0 Å². The molecule has 0 unspecified atom stereocenters. The Labute approximate surface area is 85.0 Å². The maximum absolute atomic E-state index is 11.4. The monoisotopic (exact) mass is 288 g/mol. The molecule has 3 nitrogen and oxygen atoms in total. The second-order valence-corrected chi connectivity index (χ2v) is 4.46. The van der Waals surface area contributed by atoms with Gasteiger partial charge >= 0.3 is 85.0 Å².